The molecule has 0 aromatic carbocycles. The molecule has 100 valence electrons. The fourth-order valence-electron chi connectivity index (χ4n) is 1.27. The van der Waals surface area contributed by atoms with E-state index in [0.29, 0.717) is 5.06 Å². The lowest BCUT2D eigenvalue weighted by atomic mass is 10.2. The summed E-state index contributed by atoms with van der Waals surface area (Å²) in [5.41, 5.74) is 5.45. The Hall–Kier alpha value is -1.53. The van der Waals surface area contributed by atoms with E-state index in [1.165, 1.54) is 0 Å². The number of nitrogens with two attached hydrogens (primary N) is 1. The maximum Gasteiger partial charge on any atom is 0.349 e. The number of amides is 2. The summed E-state index contributed by atoms with van der Waals surface area (Å²) in [5.74, 6) is -2.64. The van der Waals surface area contributed by atoms with Gasteiger partial charge in [0.2, 0.25) is 0 Å². The molecule has 0 spiro atoms. The second-order valence-corrected chi connectivity index (χ2v) is 3.86. The first-order valence-electron chi connectivity index (χ1n) is 5.18. The molecular weight excluding hydrogens is 263 g/mol. The number of carbonyl (C=O) groups excluding carboxylic acids is 4. The number of rotatable bonds is 5. The van der Waals surface area contributed by atoms with Gasteiger partial charge < -0.3 is 15.1 Å². The normalized spacial score (nSPS) is 16.7. The second kappa shape index (κ2) is 6.42. The average Bonchev–Trinajstić information content (AvgIpc) is 2.66. The summed E-state index contributed by atoms with van der Waals surface area (Å²) in [7, 11) is 1.78. The van der Waals surface area contributed by atoms with Crippen LogP contribution < -0.4 is 5.73 Å². The smallest absolute Gasteiger partial charge is 0.349 e. The molecule has 1 aliphatic rings. The van der Waals surface area contributed by atoms with Gasteiger partial charge in [0.05, 0.1) is 9.47 Å². The van der Waals surface area contributed by atoms with E-state index in [1.807, 2.05) is 0 Å². The number of carbonyl (C=O) groups is 4. The summed E-state index contributed by atoms with van der Waals surface area (Å²) < 4.78 is 4.30. The zero-order valence-corrected chi connectivity index (χ0v) is 10.6. The van der Waals surface area contributed by atoms with E-state index < -0.39 is 29.8 Å². The topological polar surface area (TPSA) is 116 Å². The van der Waals surface area contributed by atoms with Crippen molar-refractivity contribution in [1.29, 1.82) is 0 Å². The summed E-state index contributed by atoms with van der Waals surface area (Å²) in [6, 6.07) is -1.10. The van der Waals surface area contributed by atoms with Gasteiger partial charge in [0.15, 0.2) is 0 Å². The van der Waals surface area contributed by atoms with Crippen LogP contribution in [-0.4, -0.2) is 34.9 Å². The van der Waals surface area contributed by atoms with E-state index >= 15 is 0 Å². The van der Waals surface area contributed by atoms with Gasteiger partial charge >= 0.3 is 11.9 Å². The molecule has 1 saturated heterocycles. The third-order valence-corrected chi connectivity index (χ3v) is 2.54. The first kappa shape index (κ1) is 14.5. The molecule has 0 bridgehead atoms. The largest absolute Gasteiger partial charge is 0.452 e. The van der Waals surface area contributed by atoms with Crippen molar-refractivity contribution in [1.82, 2.24) is 5.06 Å². The van der Waals surface area contributed by atoms with Crippen LogP contribution in [0.25, 0.3) is 0 Å². The third-order valence-electron chi connectivity index (χ3n) is 2.28. The Balaban J connectivity index is 2.42. The number of nitrogens with zero attached hydrogens (tertiary/aromatic N) is 1. The van der Waals surface area contributed by atoms with E-state index in [1.54, 1.807) is 9.47 Å². The molecular formula is C9H13N2O6P. The highest BCUT2D eigenvalue weighted by Gasteiger charge is 2.34. The number of hydrogen-bond acceptors (Lipinski definition) is 7. The molecule has 2 amide bonds. The average molecular weight is 276 g/mol. The molecule has 1 aliphatic heterocycles. The van der Waals surface area contributed by atoms with Gasteiger partial charge in [-0.25, -0.2) is 4.79 Å². The van der Waals surface area contributed by atoms with Crippen molar-refractivity contribution in [2.45, 2.75) is 31.7 Å². The third kappa shape index (κ3) is 3.75. The fraction of sp³-hybridized carbons (Fsp3) is 0.556. The Morgan fingerprint density at radius 3 is 2.39 bits per heavy atom. The number of hydrogen-bond donors (Lipinski definition) is 1. The second-order valence-electron chi connectivity index (χ2n) is 3.63. The molecule has 2 unspecified atom stereocenters. The quantitative estimate of drug-likeness (QED) is 0.507. The lowest BCUT2D eigenvalue weighted by molar-refractivity contribution is -0.198. The van der Waals surface area contributed by atoms with E-state index in [-0.39, 0.29) is 25.7 Å². The molecule has 9 heteroatoms. The zero-order valence-electron chi connectivity index (χ0n) is 9.46. The van der Waals surface area contributed by atoms with Gasteiger partial charge in [0.25, 0.3) is 11.8 Å². The maximum atomic E-state index is 11.4. The van der Waals surface area contributed by atoms with E-state index in [2.05, 4.69) is 9.36 Å². The highest BCUT2D eigenvalue weighted by molar-refractivity contribution is 7.10. The van der Waals surface area contributed by atoms with Crippen molar-refractivity contribution in [2.75, 3.05) is 0 Å². The van der Waals surface area contributed by atoms with Gasteiger partial charge in [-0.15, -0.1) is 5.06 Å². The molecule has 2 N–H and O–H groups in total. The number of hydroxylamine groups is 2. The summed E-state index contributed by atoms with van der Waals surface area (Å²) in [5, 5.41) is 0.413. The van der Waals surface area contributed by atoms with Crippen LogP contribution in [0.5, 0.6) is 0 Å². The van der Waals surface area contributed by atoms with Gasteiger partial charge in [-0.05, 0) is 6.42 Å². The Kier molecular flexibility index (Phi) is 5.18. The minimum atomic E-state index is -1.10. The summed E-state index contributed by atoms with van der Waals surface area (Å²) >= 11 is 0. The van der Waals surface area contributed by atoms with Crippen LogP contribution >= 0.6 is 9.47 Å². The summed E-state index contributed by atoms with van der Waals surface area (Å²) in [6.07, 6.45) is -0.0363. The molecule has 0 radical (unpaired) electrons. The SMILES string of the molecule is NC(CCC(=O)OP)C(=O)ON1C(=O)CCC1=O. The first-order chi connectivity index (χ1) is 8.45. The lowest BCUT2D eigenvalue weighted by Crippen LogP contribution is -2.40. The lowest BCUT2D eigenvalue weighted by Gasteiger charge is -2.15. The fourth-order valence-corrected chi connectivity index (χ4v) is 1.38. The minimum Gasteiger partial charge on any atom is -0.452 e. The van der Waals surface area contributed by atoms with Crippen LogP contribution in [0.2, 0.25) is 0 Å². The van der Waals surface area contributed by atoms with Crippen molar-refractivity contribution >= 4 is 33.2 Å². The van der Waals surface area contributed by atoms with E-state index in [4.69, 9.17) is 5.73 Å². The molecule has 0 aliphatic carbocycles. The van der Waals surface area contributed by atoms with Crippen molar-refractivity contribution in [3.05, 3.63) is 0 Å². The van der Waals surface area contributed by atoms with Gasteiger partial charge in [0.1, 0.15) is 6.04 Å². The maximum absolute atomic E-state index is 11.4. The zero-order chi connectivity index (χ0) is 13.7. The van der Waals surface area contributed by atoms with Crippen LogP contribution in [-0.2, 0) is 28.5 Å². The molecule has 18 heavy (non-hydrogen) atoms. The predicted molar refractivity (Wildman–Crippen MR) is 60.2 cm³/mol. The Bertz CT molecular complexity index is 369. The van der Waals surface area contributed by atoms with Crippen molar-refractivity contribution in [3.63, 3.8) is 0 Å². The van der Waals surface area contributed by atoms with E-state index in [0.717, 1.165) is 0 Å². The van der Waals surface area contributed by atoms with Gasteiger partial charge in [-0.3, -0.25) is 14.4 Å². The summed E-state index contributed by atoms with van der Waals surface area (Å²) in [6.45, 7) is 0. The van der Waals surface area contributed by atoms with Crippen molar-refractivity contribution in [3.8, 4) is 0 Å². The predicted octanol–water partition coefficient (Wildman–Crippen LogP) is -0.966. The van der Waals surface area contributed by atoms with Crippen LogP contribution in [0.3, 0.4) is 0 Å². The molecule has 0 aromatic rings. The molecule has 8 nitrogen and oxygen atoms in total. The molecule has 0 saturated carbocycles. The molecule has 1 fully saturated rings. The first-order valence-corrected chi connectivity index (χ1v) is 5.65. The van der Waals surface area contributed by atoms with Crippen LogP contribution in [0.4, 0.5) is 0 Å². The van der Waals surface area contributed by atoms with Crippen molar-refractivity contribution < 1.29 is 28.5 Å². The highest BCUT2D eigenvalue weighted by atomic mass is 31.0. The van der Waals surface area contributed by atoms with Gasteiger partial charge in [-0.1, -0.05) is 0 Å². The number of imide groups is 1. The highest BCUT2D eigenvalue weighted by Crippen LogP contribution is 2.13. The van der Waals surface area contributed by atoms with Gasteiger partial charge in [0, 0.05) is 19.3 Å². The van der Waals surface area contributed by atoms with Gasteiger partial charge in [-0.2, -0.15) is 0 Å². The minimum absolute atomic E-state index is 0.00227. The standard InChI is InChI=1S/C9H13N2O6P/c10-5(1-4-8(14)17-18)9(15)16-11-6(12)2-3-7(11)13/h5H,1-4,10,18H2. The van der Waals surface area contributed by atoms with Crippen LogP contribution in [0.1, 0.15) is 25.7 Å². The van der Waals surface area contributed by atoms with Crippen molar-refractivity contribution in [2.24, 2.45) is 5.73 Å². The molecule has 0 aromatic heterocycles. The van der Waals surface area contributed by atoms with Crippen LogP contribution in [0.15, 0.2) is 0 Å². The molecule has 1 heterocycles. The Morgan fingerprint density at radius 2 is 1.89 bits per heavy atom. The summed E-state index contributed by atoms with van der Waals surface area (Å²) in [4.78, 5) is 49.2. The Morgan fingerprint density at radius 1 is 1.33 bits per heavy atom. The van der Waals surface area contributed by atoms with Crippen LogP contribution in [0, 0.1) is 0 Å². The van der Waals surface area contributed by atoms with E-state index in [9.17, 15) is 19.2 Å². The molecule has 2 atom stereocenters. The monoisotopic (exact) mass is 276 g/mol. The Labute approximate surface area is 105 Å². The molecule has 1 rings (SSSR count).